The molecule has 1 saturated heterocycles. The third-order valence-corrected chi connectivity index (χ3v) is 3.45. The number of hydrogen-bond acceptors (Lipinski definition) is 8. The minimum absolute atomic E-state index is 0.0144. The van der Waals surface area contributed by atoms with Crippen molar-refractivity contribution in [1.29, 1.82) is 0 Å². The molecule has 1 fully saturated rings. The minimum atomic E-state index is -0.794. The van der Waals surface area contributed by atoms with Gasteiger partial charge in [-0.15, -0.1) is 0 Å². The van der Waals surface area contributed by atoms with E-state index in [1.165, 1.54) is 30.2 Å². The Bertz CT molecular complexity index is 721. The third-order valence-electron chi connectivity index (χ3n) is 3.45. The summed E-state index contributed by atoms with van der Waals surface area (Å²) >= 11 is 0. The highest BCUT2D eigenvalue weighted by molar-refractivity contribution is 5.87. The number of nitro groups is 1. The van der Waals surface area contributed by atoms with Crippen molar-refractivity contribution in [1.82, 2.24) is 10.2 Å². The summed E-state index contributed by atoms with van der Waals surface area (Å²) in [5, 5.41) is 13.4. The van der Waals surface area contributed by atoms with Crippen LogP contribution in [-0.4, -0.2) is 67.6 Å². The molecule has 0 atom stereocenters. The second kappa shape index (κ2) is 8.65. The van der Waals surface area contributed by atoms with E-state index < -0.39 is 30.0 Å². The predicted octanol–water partition coefficient (Wildman–Crippen LogP) is -0.516. The van der Waals surface area contributed by atoms with Gasteiger partial charge in [-0.2, -0.15) is 0 Å². The van der Waals surface area contributed by atoms with Crippen LogP contribution in [0.2, 0.25) is 0 Å². The number of carbonyl (C=O) groups is 3. The van der Waals surface area contributed by atoms with Crippen LogP contribution in [0.15, 0.2) is 18.2 Å². The standard InChI is InChI=1S/C15H17N3O8/c1-24-12-6-10(2-3-11(12)18(22)23)25-9-15(21)26-8-14(20)17-5-4-16-13(19)7-17/h2-3,6H,4-5,7-9H2,1H3,(H,16,19). The van der Waals surface area contributed by atoms with E-state index in [0.717, 1.165) is 0 Å². The lowest BCUT2D eigenvalue weighted by Crippen LogP contribution is -2.51. The van der Waals surface area contributed by atoms with E-state index in [2.05, 4.69) is 5.32 Å². The van der Waals surface area contributed by atoms with E-state index in [4.69, 9.17) is 14.2 Å². The molecule has 0 bridgehead atoms. The quantitative estimate of drug-likeness (QED) is 0.386. The number of esters is 1. The average Bonchev–Trinajstić information content (AvgIpc) is 2.63. The zero-order chi connectivity index (χ0) is 19.1. The van der Waals surface area contributed by atoms with Gasteiger partial charge >= 0.3 is 11.7 Å². The van der Waals surface area contributed by atoms with E-state index in [9.17, 15) is 24.5 Å². The summed E-state index contributed by atoms with van der Waals surface area (Å²) in [6, 6.07) is 3.76. The Morgan fingerprint density at radius 1 is 1.35 bits per heavy atom. The van der Waals surface area contributed by atoms with E-state index in [0.29, 0.717) is 13.1 Å². The van der Waals surface area contributed by atoms with Crippen molar-refractivity contribution in [2.24, 2.45) is 0 Å². The zero-order valence-electron chi connectivity index (χ0n) is 13.9. The Morgan fingerprint density at radius 2 is 2.12 bits per heavy atom. The van der Waals surface area contributed by atoms with Crippen molar-refractivity contribution >= 4 is 23.5 Å². The van der Waals surface area contributed by atoms with Crippen molar-refractivity contribution in [3.05, 3.63) is 28.3 Å². The predicted molar refractivity (Wildman–Crippen MR) is 85.7 cm³/mol. The molecule has 1 N–H and O–H groups in total. The normalized spacial score (nSPS) is 13.6. The van der Waals surface area contributed by atoms with Gasteiger partial charge in [0.2, 0.25) is 11.7 Å². The first-order valence-corrected chi connectivity index (χ1v) is 7.56. The van der Waals surface area contributed by atoms with Gasteiger partial charge in [0, 0.05) is 25.2 Å². The van der Waals surface area contributed by atoms with Gasteiger partial charge in [-0.1, -0.05) is 0 Å². The number of nitrogens with one attached hydrogen (secondary N) is 1. The van der Waals surface area contributed by atoms with Gasteiger partial charge < -0.3 is 24.4 Å². The van der Waals surface area contributed by atoms with Crippen LogP contribution >= 0.6 is 0 Å². The summed E-state index contributed by atoms with van der Waals surface area (Å²) in [5.74, 6) is -1.39. The van der Waals surface area contributed by atoms with E-state index in [1.807, 2.05) is 0 Å². The Labute approximate surface area is 147 Å². The lowest BCUT2D eigenvalue weighted by Gasteiger charge is -2.26. The minimum Gasteiger partial charge on any atom is -0.490 e. The maximum absolute atomic E-state index is 11.9. The third kappa shape index (κ3) is 5.06. The summed E-state index contributed by atoms with van der Waals surface area (Å²) in [7, 11) is 1.27. The molecular formula is C15H17N3O8. The number of piperazine rings is 1. The van der Waals surface area contributed by atoms with Crippen LogP contribution in [0.25, 0.3) is 0 Å². The van der Waals surface area contributed by atoms with Crippen LogP contribution in [0, 0.1) is 10.1 Å². The number of nitro benzene ring substituents is 1. The molecular weight excluding hydrogens is 350 g/mol. The molecule has 0 spiro atoms. The Kier molecular flexibility index (Phi) is 6.31. The molecule has 140 valence electrons. The van der Waals surface area contributed by atoms with Crippen LogP contribution in [0.1, 0.15) is 0 Å². The number of rotatable bonds is 7. The number of hydrogen-bond donors (Lipinski definition) is 1. The highest BCUT2D eigenvalue weighted by Gasteiger charge is 2.22. The molecule has 0 saturated carbocycles. The summed E-state index contributed by atoms with van der Waals surface area (Å²) in [5.41, 5.74) is -0.237. The SMILES string of the molecule is COc1cc(OCC(=O)OCC(=O)N2CCNC(=O)C2)ccc1[N+](=O)[O-]. The van der Waals surface area contributed by atoms with Gasteiger partial charge in [-0.25, -0.2) is 4.79 Å². The van der Waals surface area contributed by atoms with Crippen molar-refractivity contribution in [3.63, 3.8) is 0 Å². The lowest BCUT2D eigenvalue weighted by atomic mass is 10.3. The van der Waals surface area contributed by atoms with Gasteiger partial charge in [-0.3, -0.25) is 19.7 Å². The Morgan fingerprint density at radius 3 is 2.77 bits per heavy atom. The van der Waals surface area contributed by atoms with E-state index in [-0.39, 0.29) is 29.6 Å². The fourth-order valence-electron chi connectivity index (χ4n) is 2.17. The van der Waals surface area contributed by atoms with Crippen LogP contribution < -0.4 is 14.8 Å². The lowest BCUT2D eigenvalue weighted by molar-refractivity contribution is -0.385. The second-order valence-electron chi connectivity index (χ2n) is 5.21. The largest absolute Gasteiger partial charge is 0.490 e. The highest BCUT2D eigenvalue weighted by Crippen LogP contribution is 2.30. The van der Waals surface area contributed by atoms with Crippen molar-refractivity contribution in [2.75, 3.05) is 40.0 Å². The number of carbonyl (C=O) groups excluding carboxylic acids is 3. The number of nitrogens with zero attached hydrogens (tertiary/aromatic N) is 2. The summed E-state index contributed by atoms with van der Waals surface area (Å²) in [6.45, 7) is -0.367. The number of amides is 2. The number of methoxy groups -OCH3 is 1. The number of benzene rings is 1. The molecule has 0 radical (unpaired) electrons. The van der Waals surface area contributed by atoms with E-state index >= 15 is 0 Å². The fourth-order valence-corrected chi connectivity index (χ4v) is 2.17. The monoisotopic (exact) mass is 367 g/mol. The van der Waals surface area contributed by atoms with Gasteiger partial charge in [0.05, 0.1) is 18.6 Å². The fraction of sp³-hybridized carbons (Fsp3) is 0.400. The Hall–Kier alpha value is -3.37. The van der Waals surface area contributed by atoms with Gasteiger partial charge in [0.15, 0.2) is 13.2 Å². The smallest absolute Gasteiger partial charge is 0.344 e. The maximum atomic E-state index is 11.9. The van der Waals surface area contributed by atoms with Crippen LogP contribution in [0.4, 0.5) is 5.69 Å². The summed E-state index contributed by atoms with van der Waals surface area (Å²) in [4.78, 5) is 46.2. The molecule has 11 heteroatoms. The van der Waals surface area contributed by atoms with Gasteiger partial charge in [-0.05, 0) is 6.07 Å². The summed E-state index contributed by atoms with van der Waals surface area (Å²) in [6.07, 6.45) is 0. The average molecular weight is 367 g/mol. The molecule has 2 amide bonds. The van der Waals surface area contributed by atoms with Crippen LogP contribution in [-0.2, 0) is 19.1 Å². The first-order valence-electron chi connectivity index (χ1n) is 7.56. The molecule has 1 aromatic carbocycles. The molecule has 11 nitrogen and oxygen atoms in total. The summed E-state index contributed by atoms with van der Waals surface area (Å²) < 4.78 is 14.9. The first kappa shape index (κ1) is 19.0. The molecule has 1 aliphatic rings. The Balaban J connectivity index is 1.80. The van der Waals surface area contributed by atoms with Gasteiger partial charge in [0.25, 0.3) is 5.91 Å². The molecule has 0 aliphatic carbocycles. The first-order chi connectivity index (χ1) is 12.4. The molecule has 0 aromatic heterocycles. The maximum Gasteiger partial charge on any atom is 0.344 e. The van der Waals surface area contributed by atoms with E-state index in [1.54, 1.807) is 0 Å². The zero-order valence-corrected chi connectivity index (χ0v) is 13.9. The molecule has 1 aromatic rings. The van der Waals surface area contributed by atoms with Crippen molar-refractivity contribution < 1.29 is 33.5 Å². The topological polar surface area (TPSA) is 137 Å². The molecule has 1 heterocycles. The highest BCUT2D eigenvalue weighted by atomic mass is 16.6. The molecule has 26 heavy (non-hydrogen) atoms. The number of ether oxygens (including phenoxy) is 3. The van der Waals surface area contributed by atoms with Crippen LogP contribution in [0.5, 0.6) is 11.5 Å². The van der Waals surface area contributed by atoms with Crippen molar-refractivity contribution in [2.45, 2.75) is 0 Å². The molecule has 0 unspecified atom stereocenters. The van der Waals surface area contributed by atoms with Gasteiger partial charge in [0.1, 0.15) is 5.75 Å². The van der Waals surface area contributed by atoms with Crippen LogP contribution in [0.3, 0.4) is 0 Å². The van der Waals surface area contributed by atoms with Crippen molar-refractivity contribution in [3.8, 4) is 11.5 Å². The molecule has 2 rings (SSSR count). The second-order valence-corrected chi connectivity index (χ2v) is 5.21. The molecule has 1 aliphatic heterocycles.